The van der Waals surface area contributed by atoms with E-state index in [1.165, 1.54) is 11.3 Å². The maximum absolute atomic E-state index is 3.75. The second-order valence-corrected chi connectivity index (χ2v) is 3.92. The number of para-hydroxylation sites is 1. The van der Waals surface area contributed by atoms with Crippen molar-refractivity contribution in [1.82, 2.24) is 0 Å². The number of benzene rings is 1. The van der Waals surface area contributed by atoms with Gasteiger partial charge in [0.1, 0.15) is 0 Å². The molecule has 0 aliphatic rings. The minimum atomic E-state index is 0.510. The lowest BCUT2D eigenvalue weighted by Gasteiger charge is -2.16. The monoisotopic (exact) mass is 203 g/mol. The van der Waals surface area contributed by atoms with Gasteiger partial charge in [0.25, 0.3) is 0 Å². The Morgan fingerprint density at radius 3 is 2.80 bits per heavy atom. The molecule has 0 aliphatic carbocycles. The SMILES string of the molecule is C=CCCC(C)Nc1ccccc1CC. The molecule has 0 aromatic heterocycles. The van der Waals surface area contributed by atoms with Crippen LogP contribution in [0.5, 0.6) is 0 Å². The molecule has 0 amide bonds. The van der Waals surface area contributed by atoms with Crippen LogP contribution >= 0.6 is 0 Å². The topological polar surface area (TPSA) is 12.0 Å². The van der Waals surface area contributed by atoms with Crippen molar-refractivity contribution in [2.24, 2.45) is 0 Å². The lowest BCUT2D eigenvalue weighted by atomic mass is 10.1. The van der Waals surface area contributed by atoms with Gasteiger partial charge in [0.15, 0.2) is 0 Å². The fraction of sp³-hybridized carbons (Fsp3) is 0.429. The van der Waals surface area contributed by atoms with Crippen LogP contribution in [0.3, 0.4) is 0 Å². The van der Waals surface area contributed by atoms with Gasteiger partial charge >= 0.3 is 0 Å². The zero-order valence-electron chi connectivity index (χ0n) is 9.79. The molecular weight excluding hydrogens is 182 g/mol. The van der Waals surface area contributed by atoms with Crippen molar-refractivity contribution >= 4 is 5.69 Å². The Kier molecular flexibility index (Phi) is 4.96. The molecule has 1 rings (SSSR count). The van der Waals surface area contributed by atoms with Crippen LogP contribution in [0.25, 0.3) is 0 Å². The first-order valence-electron chi connectivity index (χ1n) is 5.73. The van der Waals surface area contributed by atoms with E-state index in [2.05, 4.69) is 50.0 Å². The maximum atomic E-state index is 3.75. The Labute approximate surface area is 93.2 Å². The Balaban J connectivity index is 2.58. The Bertz CT molecular complexity index is 304. The van der Waals surface area contributed by atoms with Crippen LogP contribution in [0.4, 0.5) is 5.69 Å². The molecule has 15 heavy (non-hydrogen) atoms. The summed E-state index contributed by atoms with van der Waals surface area (Å²) in [6.07, 6.45) is 5.27. The molecule has 82 valence electrons. The number of hydrogen-bond donors (Lipinski definition) is 1. The molecule has 1 aromatic rings. The number of allylic oxidation sites excluding steroid dienone is 1. The zero-order chi connectivity index (χ0) is 11.1. The predicted molar refractivity (Wildman–Crippen MR) is 68.3 cm³/mol. The van der Waals surface area contributed by atoms with E-state index in [1.807, 2.05) is 6.08 Å². The van der Waals surface area contributed by atoms with E-state index in [9.17, 15) is 0 Å². The summed E-state index contributed by atoms with van der Waals surface area (Å²) in [7, 11) is 0. The van der Waals surface area contributed by atoms with Gasteiger partial charge in [-0.25, -0.2) is 0 Å². The number of hydrogen-bond acceptors (Lipinski definition) is 1. The number of rotatable bonds is 6. The van der Waals surface area contributed by atoms with E-state index in [-0.39, 0.29) is 0 Å². The fourth-order valence-corrected chi connectivity index (χ4v) is 1.67. The molecule has 0 fully saturated rings. The van der Waals surface area contributed by atoms with Crippen LogP contribution in [0, 0.1) is 0 Å². The highest BCUT2D eigenvalue weighted by atomic mass is 14.9. The summed E-state index contributed by atoms with van der Waals surface area (Å²) in [4.78, 5) is 0. The molecule has 1 unspecified atom stereocenters. The molecule has 0 saturated carbocycles. The van der Waals surface area contributed by atoms with Crippen molar-refractivity contribution in [2.75, 3.05) is 5.32 Å². The van der Waals surface area contributed by atoms with Crippen molar-refractivity contribution in [3.05, 3.63) is 42.5 Å². The highest BCUT2D eigenvalue weighted by Crippen LogP contribution is 2.17. The van der Waals surface area contributed by atoms with Gasteiger partial charge in [-0.1, -0.05) is 31.2 Å². The summed E-state index contributed by atoms with van der Waals surface area (Å²) in [5, 5.41) is 3.55. The third kappa shape index (κ3) is 3.78. The minimum Gasteiger partial charge on any atom is -0.382 e. The number of nitrogens with one attached hydrogen (secondary N) is 1. The molecule has 1 heteroatoms. The van der Waals surface area contributed by atoms with E-state index in [1.54, 1.807) is 0 Å². The predicted octanol–water partition coefficient (Wildman–Crippen LogP) is 4.02. The van der Waals surface area contributed by atoms with Crippen molar-refractivity contribution in [3.8, 4) is 0 Å². The zero-order valence-corrected chi connectivity index (χ0v) is 9.79. The maximum Gasteiger partial charge on any atom is 0.0374 e. The highest BCUT2D eigenvalue weighted by molar-refractivity contribution is 5.51. The Morgan fingerprint density at radius 2 is 2.13 bits per heavy atom. The fourth-order valence-electron chi connectivity index (χ4n) is 1.67. The third-order valence-corrected chi connectivity index (χ3v) is 2.60. The normalized spacial score (nSPS) is 12.1. The first kappa shape index (κ1) is 11.8. The molecule has 1 N–H and O–H groups in total. The van der Waals surface area contributed by atoms with Crippen molar-refractivity contribution in [2.45, 2.75) is 39.2 Å². The van der Waals surface area contributed by atoms with Gasteiger partial charge in [-0.2, -0.15) is 0 Å². The van der Waals surface area contributed by atoms with Crippen LogP contribution in [-0.2, 0) is 6.42 Å². The van der Waals surface area contributed by atoms with Gasteiger partial charge in [-0.15, -0.1) is 6.58 Å². The molecule has 0 heterocycles. The average Bonchev–Trinajstić information content (AvgIpc) is 2.27. The van der Waals surface area contributed by atoms with Crippen molar-refractivity contribution in [1.29, 1.82) is 0 Å². The smallest absolute Gasteiger partial charge is 0.0374 e. The Morgan fingerprint density at radius 1 is 1.40 bits per heavy atom. The highest BCUT2D eigenvalue weighted by Gasteiger charge is 2.03. The second kappa shape index (κ2) is 6.28. The van der Waals surface area contributed by atoms with E-state index < -0.39 is 0 Å². The molecule has 0 aliphatic heterocycles. The Hall–Kier alpha value is -1.24. The average molecular weight is 203 g/mol. The summed E-state index contributed by atoms with van der Waals surface area (Å²) in [6.45, 7) is 8.15. The summed E-state index contributed by atoms with van der Waals surface area (Å²) < 4.78 is 0. The van der Waals surface area contributed by atoms with Gasteiger partial charge in [0, 0.05) is 11.7 Å². The largest absolute Gasteiger partial charge is 0.382 e. The van der Waals surface area contributed by atoms with E-state index in [0.29, 0.717) is 6.04 Å². The molecule has 1 aromatic carbocycles. The van der Waals surface area contributed by atoms with Crippen molar-refractivity contribution < 1.29 is 0 Å². The molecule has 0 bridgehead atoms. The van der Waals surface area contributed by atoms with E-state index >= 15 is 0 Å². The molecule has 0 saturated heterocycles. The molecule has 0 spiro atoms. The van der Waals surface area contributed by atoms with Gasteiger partial charge in [0.2, 0.25) is 0 Å². The van der Waals surface area contributed by atoms with Gasteiger partial charge in [-0.05, 0) is 37.8 Å². The first-order valence-corrected chi connectivity index (χ1v) is 5.73. The third-order valence-electron chi connectivity index (χ3n) is 2.60. The second-order valence-electron chi connectivity index (χ2n) is 3.92. The van der Waals surface area contributed by atoms with Gasteiger partial charge in [0.05, 0.1) is 0 Å². The van der Waals surface area contributed by atoms with Crippen LogP contribution in [0.2, 0.25) is 0 Å². The molecular formula is C14H21N. The van der Waals surface area contributed by atoms with Crippen molar-refractivity contribution in [3.63, 3.8) is 0 Å². The molecule has 1 nitrogen and oxygen atoms in total. The first-order chi connectivity index (χ1) is 7.27. The molecule has 0 radical (unpaired) electrons. The summed E-state index contributed by atoms with van der Waals surface area (Å²) in [5.74, 6) is 0. The summed E-state index contributed by atoms with van der Waals surface area (Å²) in [5.41, 5.74) is 2.67. The lowest BCUT2D eigenvalue weighted by molar-refractivity contribution is 0.717. The van der Waals surface area contributed by atoms with Crippen LogP contribution < -0.4 is 5.32 Å². The van der Waals surface area contributed by atoms with Crippen LogP contribution in [0.1, 0.15) is 32.3 Å². The van der Waals surface area contributed by atoms with E-state index in [4.69, 9.17) is 0 Å². The standard InChI is InChI=1S/C14H21N/c1-4-6-9-12(3)15-14-11-8-7-10-13(14)5-2/h4,7-8,10-12,15H,1,5-6,9H2,2-3H3. The lowest BCUT2D eigenvalue weighted by Crippen LogP contribution is -2.15. The molecule has 1 atom stereocenters. The quantitative estimate of drug-likeness (QED) is 0.689. The van der Waals surface area contributed by atoms with Gasteiger partial charge < -0.3 is 5.32 Å². The summed E-state index contributed by atoms with van der Waals surface area (Å²) >= 11 is 0. The van der Waals surface area contributed by atoms with Crippen LogP contribution in [0.15, 0.2) is 36.9 Å². The minimum absolute atomic E-state index is 0.510. The van der Waals surface area contributed by atoms with E-state index in [0.717, 1.165) is 19.3 Å². The number of anilines is 1. The van der Waals surface area contributed by atoms with Gasteiger partial charge in [-0.3, -0.25) is 0 Å². The number of aryl methyl sites for hydroxylation is 1. The summed E-state index contributed by atoms with van der Waals surface area (Å²) in [6, 6.07) is 9.03. The van der Waals surface area contributed by atoms with Crippen LogP contribution in [-0.4, -0.2) is 6.04 Å².